The van der Waals surface area contributed by atoms with Gasteiger partial charge >= 0.3 is 6.03 Å². The average molecular weight is 582 g/mol. The molecule has 4 aromatic rings. The molecule has 43 heavy (non-hydrogen) atoms. The van der Waals surface area contributed by atoms with Gasteiger partial charge in [-0.15, -0.1) is 0 Å². The van der Waals surface area contributed by atoms with Crippen LogP contribution in [-0.4, -0.2) is 50.3 Å². The minimum atomic E-state index is -0.368. The predicted octanol–water partition coefficient (Wildman–Crippen LogP) is 6.27. The van der Waals surface area contributed by atoms with Crippen molar-refractivity contribution in [3.8, 4) is 23.0 Å². The van der Waals surface area contributed by atoms with Gasteiger partial charge in [-0.1, -0.05) is 12.6 Å². The van der Waals surface area contributed by atoms with E-state index >= 15 is 0 Å². The average Bonchev–Trinajstić information content (AvgIpc) is 3.02. The number of aromatic nitrogens is 1. The number of piperidine rings is 1. The third-order valence-electron chi connectivity index (χ3n) is 7.39. The summed E-state index contributed by atoms with van der Waals surface area (Å²) in [5.74, 6) is 2.21. The second kappa shape index (κ2) is 13.2. The van der Waals surface area contributed by atoms with Crippen molar-refractivity contribution >= 4 is 39.9 Å². The SMILES string of the molecule is C=CC(=O)NC1CCN(c2ccc(NC(=O)Nc3ccc(C)c(Oc4ccnc5cc(OC)c(OC)cc45)c3)cc2)CC1. The molecule has 0 radical (unpaired) electrons. The van der Waals surface area contributed by atoms with E-state index in [2.05, 4.69) is 32.4 Å². The van der Waals surface area contributed by atoms with Gasteiger partial charge in [0.15, 0.2) is 11.5 Å². The van der Waals surface area contributed by atoms with Crippen LogP contribution in [0.4, 0.5) is 21.9 Å². The highest BCUT2D eigenvalue weighted by molar-refractivity contribution is 6.00. The number of carbonyl (C=O) groups excluding carboxylic acids is 2. The van der Waals surface area contributed by atoms with E-state index in [1.807, 2.05) is 49.4 Å². The molecule has 2 heterocycles. The molecule has 0 bridgehead atoms. The highest BCUT2D eigenvalue weighted by Crippen LogP contribution is 2.38. The van der Waals surface area contributed by atoms with Gasteiger partial charge in [-0.25, -0.2) is 4.79 Å². The van der Waals surface area contributed by atoms with E-state index in [9.17, 15) is 9.59 Å². The third-order valence-corrected chi connectivity index (χ3v) is 7.39. The summed E-state index contributed by atoms with van der Waals surface area (Å²) in [5.41, 5.74) is 3.93. The first kappa shape index (κ1) is 29.2. The Bertz CT molecular complexity index is 1630. The van der Waals surface area contributed by atoms with E-state index < -0.39 is 0 Å². The van der Waals surface area contributed by atoms with Crippen LogP contribution < -0.4 is 35.1 Å². The fourth-order valence-corrected chi connectivity index (χ4v) is 5.03. The minimum Gasteiger partial charge on any atom is -0.493 e. The second-order valence-corrected chi connectivity index (χ2v) is 10.2. The molecule has 0 spiro atoms. The molecule has 0 aliphatic carbocycles. The fourth-order valence-electron chi connectivity index (χ4n) is 5.03. The van der Waals surface area contributed by atoms with Crippen LogP contribution in [0.2, 0.25) is 0 Å². The Kier molecular flexibility index (Phi) is 8.95. The number of pyridine rings is 1. The Morgan fingerprint density at radius 1 is 0.884 bits per heavy atom. The van der Waals surface area contributed by atoms with Gasteiger partial charge in [0.05, 0.1) is 19.7 Å². The molecular weight excluding hydrogens is 546 g/mol. The topological polar surface area (TPSA) is 114 Å². The predicted molar refractivity (Wildman–Crippen MR) is 169 cm³/mol. The molecule has 0 unspecified atom stereocenters. The van der Waals surface area contributed by atoms with E-state index in [4.69, 9.17) is 14.2 Å². The number of methoxy groups -OCH3 is 2. The molecule has 10 heteroatoms. The number of aryl methyl sites for hydroxylation is 1. The Hall–Kier alpha value is -5.25. The number of urea groups is 1. The van der Waals surface area contributed by atoms with Crippen molar-refractivity contribution in [2.75, 3.05) is 42.8 Å². The van der Waals surface area contributed by atoms with Crippen LogP contribution in [-0.2, 0) is 4.79 Å². The van der Waals surface area contributed by atoms with E-state index in [-0.39, 0.29) is 18.0 Å². The van der Waals surface area contributed by atoms with E-state index in [0.717, 1.165) is 42.6 Å². The molecule has 1 aromatic heterocycles. The van der Waals surface area contributed by atoms with Crippen molar-refractivity contribution in [3.05, 3.63) is 85.1 Å². The zero-order valence-corrected chi connectivity index (χ0v) is 24.5. The minimum absolute atomic E-state index is 0.133. The molecule has 10 nitrogen and oxygen atoms in total. The lowest BCUT2D eigenvalue weighted by molar-refractivity contribution is -0.117. The molecule has 3 N–H and O–H groups in total. The number of benzene rings is 3. The van der Waals surface area contributed by atoms with E-state index in [1.165, 1.54) is 6.08 Å². The number of anilines is 3. The van der Waals surface area contributed by atoms with Crippen molar-refractivity contribution in [1.29, 1.82) is 0 Å². The number of nitrogens with one attached hydrogen (secondary N) is 3. The van der Waals surface area contributed by atoms with Crippen molar-refractivity contribution in [3.63, 3.8) is 0 Å². The number of ether oxygens (including phenoxy) is 3. The molecule has 1 aliphatic heterocycles. The van der Waals surface area contributed by atoms with Gasteiger partial charge in [0.1, 0.15) is 11.5 Å². The third kappa shape index (κ3) is 6.98. The number of fused-ring (bicyclic) bond motifs is 1. The maximum absolute atomic E-state index is 12.8. The zero-order valence-electron chi connectivity index (χ0n) is 24.5. The molecule has 0 saturated carbocycles. The molecule has 0 atom stereocenters. The van der Waals surface area contributed by atoms with Crippen LogP contribution in [0, 0.1) is 6.92 Å². The Labute approximate surface area is 250 Å². The molecule has 1 fully saturated rings. The number of rotatable bonds is 9. The maximum atomic E-state index is 12.8. The molecule has 1 aliphatic rings. The van der Waals surface area contributed by atoms with Gasteiger partial charge < -0.3 is 35.1 Å². The summed E-state index contributed by atoms with van der Waals surface area (Å²) in [6.45, 7) is 7.12. The normalized spacial score (nSPS) is 13.2. The van der Waals surface area contributed by atoms with Crippen molar-refractivity contribution in [2.24, 2.45) is 0 Å². The summed E-state index contributed by atoms with van der Waals surface area (Å²) in [4.78, 5) is 31.1. The van der Waals surface area contributed by atoms with Gasteiger partial charge in [0.2, 0.25) is 5.91 Å². The first-order chi connectivity index (χ1) is 20.9. The molecule has 3 aromatic carbocycles. The number of nitrogens with zero attached hydrogens (tertiary/aromatic N) is 2. The van der Waals surface area contributed by atoms with E-state index in [1.54, 1.807) is 38.6 Å². The van der Waals surface area contributed by atoms with Gasteiger partial charge in [0.25, 0.3) is 0 Å². The van der Waals surface area contributed by atoms with Gasteiger partial charge in [-0.05, 0) is 73.9 Å². The highest BCUT2D eigenvalue weighted by Gasteiger charge is 2.20. The lowest BCUT2D eigenvalue weighted by Crippen LogP contribution is -2.44. The van der Waals surface area contributed by atoms with Crippen LogP contribution in [0.25, 0.3) is 10.9 Å². The maximum Gasteiger partial charge on any atom is 0.323 e. The molecule has 5 rings (SSSR count). The molecule has 222 valence electrons. The van der Waals surface area contributed by atoms with Crippen LogP contribution >= 0.6 is 0 Å². The molecule has 3 amide bonds. The monoisotopic (exact) mass is 581 g/mol. The summed E-state index contributed by atoms with van der Waals surface area (Å²) in [7, 11) is 3.16. The molecular formula is C33H35N5O5. The summed E-state index contributed by atoms with van der Waals surface area (Å²) < 4.78 is 17.2. The summed E-state index contributed by atoms with van der Waals surface area (Å²) >= 11 is 0. The molecule has 1 saturated heterocycles. The van der Waals surface area contributed by atoms with Crippen LogP contribution in [0.1, 0.15) is 18.4 Å². The zero-order chi connectivity index (χ0) is 30.3. The number of amides is 3. The number of carbonyl (C=O) groups is 2. The summed E-state index contributed by atoms with van der Waals surface area (Å²) in [6.07, 6.45) is 4.71. The van der Waals surface area contributed by atoms with Crippen LogP contribution in [0.5, 0.6) is 23.0 Å². The van der Waals surface area contributed by atoms with Gasteiger partial charge in [-0.2, -0.15) is 0 Å². The van der Waals surface area contributed by atoms with Crippen molar-refractivity contribution in [1.82, 2.24) is 10.3 Å². The lowest BCUT2D eigenvalue weighted by atomic mass is 10.0. The van der Waals surface area contributed by atoms with Crippen molar-refractivity contribution < 1.29 is 23.8 Å². The highest BCUT2D eigenvalue weighted by atomic mass is 16.5. The van der Waals surface area contributed by atoms with Crippen LogP contribution in [0.15, 0.2) is 79.5 Å². The fraction of sp³-hybridized carbons (Fsp3) is 0.242. The first-order valence-corrected chi connectivity index (χ1v) is 14.0. The summed E-state index contributed by atoms with van der Waals surface area (Å²) in [5, 5.41) is 9.51. The Balaban J connectivity index is 1.21. The van der Waals surface area contributed by atoms with E-state index in [0.29, 0.717) is 39.9 Å². The largest absolute Gasteiger partial charge is 0.493 e. The van der Waals surface area contributed by atoms with Crippen molar-refractivity contribution in [2.45, 2.75) is 25.8 Å². The van der Waals surface area contributed by atoms with Crippen LogP contribution in [0.3, 0.4) is 0 Å². The van der Waals surface area contributed by atoms with Gasteiger partial charge in [-0.3, -0.25) is 9.78 Å². The Morgan fingerprint density at radius 2 is 1.56 bits per heavy atom. The quantitative estimate of drug-likeness (QED) is 0.200. The second-order valence-electron chi connectivity index (χ2n) is 10.2. The number of hydrogen-bond donors (Lipinski definition) is 3. The lowest BCUT2D eigenvalue weighted by Gasteiger charge is -2.33. The summed E-state index contributed by atoms with van der Waals surface area (Å²) in [6, 6.07) is 18.4. The smallest absolute Gasteiger partial charge is 0.323 e. The number of hydrogen-bond acceptors (Lipinski definition) is 7. The Morgan fingerprint density at radius 3 is 2.26 bits per heavy atom. The first-order valence-electron chi connectivity index (χ1n) is 14.0. The standard InChI is InChI=1S/C33H35N5O5/c1-5-32(39)35-23-13-16-38(17-14-23)25-10-8-22(9-11-25)36-33(40)37-24-7-6-21(2)29(18-24)43-28-12-15-34-27-20-31(42-4)30(41-3)19-26(27)28/h5-12,15,18-20,23H,1,13-14,16-17H2,2-4H3,(H,35,39)(H2,36,37,40). The van der Waals surface area contributed by atoms with Gasteiger partial charge in [0, 0.05) is 59.9 Å².